The first-order chi connectivity index (χ1) is 14.4. The van der Waals surface area contributed by atoms with Crippen molar-refractivity contribution in [2.45, 2.75) is 36.4 Å². The Morgan fingerprint density at radius 1 is 1.27 bits per heavy atom. The van der Waals surface area contributed by atoms with Gasteiger partial charge in [0.25, 0.3) is 10.0 Å². The molecule has 1 N–H and O–H groups in total. The van der Waals surface area contributed by atoms with Crippen molar-refractivity contribution in [3.8, 4) is 5.75 Å². The van der Waals surface area contributed by atoms with Crippen LogP contribution in [0.5, 0.6) is 5.75 Å². The molecule has 1 atom stereocenters. The van der Waals surface area contributed by atoms with Gasteiger partial charge in [-0.25, -0.2) is 8.42 Å². The van der Waals surface area contributed by atoms with Crippen molar-refractivity contribution in [1.82, 2.24) is 9.62 Å². The molecule has 1 fully saturated rings. The highest BCUT2D eigenvalue weighted by molar-refractivity contribution is 7.91. The Kier molecular flexibility index (Phi) is 5.86. The molecule has 1 aliphatic rings. The minimum absolute atomic E-state index is 0.119. The smallest absolute Gasteiger partial charge is 0.252 e. The summed E-state index contributed by atoms with van der Waals surface area (Å²) in [5, 5.41) is 3.82. The molecule has 30 heavy (non-hydrogen) atoms. The van der Waals surface area contributed by atoms with Crippen molar-refractivity contribution in [1.29, 1.82) is 0 Å². The molecule has 2 aromatic heterocycles. The summed E-state index contributed by atoms with van der Waals surface area (Å²) in [7, 11) is -1.86. The normalized spacial score (nSPS) is 16.1. The maximum atomic E-state index is 12.6. The second-order valence-corrected chi connectivity index (χ2v) is 10.7. The Labute approximate surface area is 179 Å². The van der Waals surface area contributed by atoms with Crippen molar-refractivity contribution < 1.29 is 22.4 Å². The van der Waals surface area contributed by atoms with E-state index in [1.165, 1.54) is 4.31 Å². The molecule has 0 aliphatic carbocycles. The van der Waals surface area contributed by atoms with Crippen LogP contribution >= 0.6 is 11.3 Å². The number of carbonyl (C=O) groups is 1. The first-order valence-corrected chi connectivity index (χ1v) is 12.1. The minimum Gasteiger partial charge on any atom is -0.493 e. The molecule has 3 heterocycles. The van der Waals surface area contributed by atoms with Crippen LogP contribution in [0.2, 0.25) is 0 Å². The van der Waals surface area contributed by atoms with Crippen LogP contribution in [0.1, 0.15) is 36.4 Å². The van der Waals surface area contributed by atoms with Gasteiger partial charge in [-0.1, -0.05) is 12.1 Å². The van der Waals surface area contributed by atoms with E-state index < -0.39 is 10.0 Å². The summed E-state index contributed by atoms with van der Waals surface area (Å²) in [6.07, 6.45) is 1.91. The van der Waals surface area contributed by atoms with Gasteiger partial charge in [-0.05, 0) is 44.0 Å². The molecule has 0 radical (unpaired) electrons. The van der Waals surface area contributed by atoms with Crippen LogP contribution in [0.4, 0.5) is 0 Å². The number of amides is 1. The number of benzene rings is 1. The van der Waals surface area contributed by atoms with Crippen LogP contribution in [0, 0.1) is 0 Å². The molecule has 0 spiro atoms. The fraction of sp³-hybridized carbons (Fsp3) is 0.381. The van der Waals surface area contributed by atoms with Crippen molar-refractivity contribution in [2.24, 2.45) is 0 Å². The third-order valence-electron chi connectivity index (χ3n) is 5.18. The molecule has 1 aromatic carbocycles. The second-order valence-electron chi connectivity index (χ2n) is 7.33. The van der Waals surface area contributed by atoms with Gasteiger partial charge in [-0.2, -0.15) is 4.31 Å². The summed E-state index contributed by atoms with van der Waals surface area (Å²) in [6.45, 7) is 2.98. The topological polar surface area (TPSA) is 88.8 Å². The number of para-hydroxylation sites is 1. The average molecular weight is 449 g/mol. The van der Waals surface area contributed by atoms with Gasteiger partial charge in [0.15, 0.2) is 11.3 Å². The summed E-state index contributed by atoms with van der Waals surface area (Å²) in [5.74, 6) is 1.08. The van der Waals surface area contributed by atoms with E-state index in [4.69, 9.17) is 9.15 Å². The highest BCUT2D eigenvalue weighted by atomic mass is 32.2. The van der Waals surface area contributed by atoms with Gasteiger partial charge >= 0.3 is 0 Å². The molecule has 0 bridgehead atoms. The fourth-order valence-corrected chi connectivity index (χ4v) is 6.63. The monoisotopic (exact) mass is 448 g/mol. The third kappa shape index (κ3) is 4.10. The van der Waals surface area contributed by atoms with Crippen LogP contribution in [0.15, 0.2) is 45.0 Å². The Morgan fingerprint density at radius 3 is 2.77 bits per heavy atom. The molecule has 0 saturated carbocycles. The molecule has 1 unspecified atom stereocenters. The molecule has 160 valence electrons. The molecule has 1 amide bonds. The summed E-state index contributed by atoms with van der Waals surface area (Å²) in [6, 6.07) is 10.5. The predicted molar refractivity (Wildman–Crippen MR) is 115 cm³/mol. The lowest BCUT2D eigenvalue weighted by atomic mass is 10.2. The van der Waals surface area contributed by atoms with E-state index >= 15 is 0 Å². The van der Waals surface area contributed by atoms with Gasteiger partial charge in [-0.15, -0.1) is 11.3 Å². The quantitative estimate of drug-likeness (QED) is 0.595. The lowest BCUT2D eigenvalue weighted by molar-refractivity contribution is -0.121. The number of methoxy groups -OCH3 is 1. The number of furan rings is 1. The van der Waals surface area contributed by atoms with Crippen molar-refractivity contribution >= 4 is 38.2 Å². The van der Waals surface area contributed by atoms with E-state index in [1.807, 2.05) is 31.2 Å². The third-order valence-corrected chi connectivity index (χ3v) is 8.63. The number of nitrogens with zero attached hydrogens (tertiary/aromatic N) is 1. The predicted octanol–water partition coefficient (Wildman–Crippen LogP) is 3.71. The SMILES string of the molecule is COc1cccc2cc(C(C)NC(=O)Cc3ccc(S(=O)(=O)N4CCCC4)s3)oc12. The number of fused-ring (bicyclic) bond motifs is 1. The summed E-state index contributed by atoms with van der Waals surface area (Å²) in [5.41, 5.74) is 0.645. The Morgan fingerprint density at radius 2 is 2.03 bits per heavy atom. The van der Waals surface area contributed by atoms with Gasteiger partial charge < -0.3 is 14.5 Å². The molecule has 1 aliphatic heterocycles. The van der Waals surface area contributed by atoms with Gasteiger partial charge in [-0.3, -0.25) is 4.79 Å². The molecular formula is C21H24N2O5S2. The number of rotatable bonds is 7. The van der Waals surface area contributed by atoms with E-state index in [2.05, 4.69) is 5.32 Å². The van der Waals surface area contributed by atoms with E-state index in [9.17, 15) is 13.2 Å². The summed E-state index contributed by atoms with van der Waals surface area (Å²) >= 11 is 1.16. The standard InChI is InChI=1S/C21H24N2O5S2/c1-14(18-12-15-6-5-7-17(27-2)21(15)28-18)22-19(24)13-16-8-9-20(29-16)30(25,26)23-10-3-4-11-23/h5-9,12,14H,3-4,10-11,13H2,1-2H3,(H,22,24). The molecule has 3 aromatic rings. The number of hydrogen-bond acceptors (Lipinski definition) is 6. The first-order valence-electron chi connectivity index (χ1n) is 9.83. The van der Waals surface area contributed by atoms with Crippen molar-refractivity contribution in [2.75, 3.05) is 20.2 Å². The summed E-state index contributed by atoms with van der Waals surface area (Å²) in [4.78, 5) is 13.2. The number of hydrogen-bond donors (Lipinski definition) is 1. The zero-order valence-corrected chi connectivity index (χ0v) is 18.5. The minimum atomic E-state index is -3.45. The highest BCUT2D eigenvalue weighted by Gasteiger charge is 2.28. The van der Waals surface area contributed by atoms with Crippen LogP contribution in [-0.4, -0.2) is 38.8 Å². The number of ether oxygens (including phenoxy) is 1. The van der Waals surface area contributed by atoms with Crippen LogP contribution < -0.4 is 10.1 Å². The molecule has 9 heteroatoms. The van der Waals surface area contributed by atoms with Crippen LogP contribution in [-0.2, 0) is 21.2 Å². The molecular weight excluding hydrogens is 424 g/mol. The Bertz CT molecular complexity index is 1160. The number of sulfonamides is 1. The number of nitrogens with one attached hydrogen (secondary N) is 1. The van der Waals surface area contributed by atoms with Crippen LogP contribution in [0.3, 0.4) is 0 Å². The van der Waals surface area contributed by atoms with Crippen molar-refractivity contribution in [3.05, 3.63) is 47.0 Å². The Balaban J connectivity index is 1.42. The Hall–Kier alpha value is -2.36. The zero-order valence-electron chi connectivity index (χ0n) is 16.9. The zero-order chi connectivity index (χ0) is 21.3. The van der Waals surface area contributed by atoms with E-state index in [0.29, 0.717) is 39.3 Å². The van der Waals surface area contributed by atoms with E-state index in [-0.39, 0.29) is 18.4 Å². The van der Waals surface area contributed by atoms with E-state index in [1.54, 1.807) is 19.2 Å². The molecule has 4 rings (SSSR count). The van der Waals surface area contributed by atoms with Gasteiger partial charge in [0.05, 0.1) is 19.6 Å². The number of thiophene rings is 1. The van der Waals surface area contributed by atoms with Gasteiger partial charge in [0.1, 0.15) is 9.97 Å². The lowest BCUT2D eigenvalue weighted by Crippen LogP contribution is -2.27. The maximum Gasteiger partial charge on any atom is 0.252 e. The lowest BCUT2D eigenvalue weighted by Gasteiger charge is -2.13. The van der Waals surface area contributed by atoms with Crippen molar-refractivity contribution in [3.63, 3.8) is 0 Å². The average Bonchev–Trinajstić information content (AvgIpc) is 3.46. The van der Waals surface area contributed by atoms with Gasteiger partial charge in [0.2, 0.25) is 5.91 Å². The first kappa shape index (κ1) is 20.9. The summed E-state index contributed by atoms with van der Waals surface area (Å²) < 4.78 is 38.3. The maximum absolute atomic E-state index is 12.6. The largest absolute Gasteiger partial charge is 0.493 e. The fourth-order valence-electron chi connectivity index (χ4n) is 3.60. The second kappa shape index (κ2) is 8.41. The number of carbonyl (C=O) groups excluding carboxylic acids is 1. The molecule has 1 saturated heterocycles. The van der Waals surface area contributed by atoms with Crippen LogP contribution in [0.25, 0.3) is 11.0 Å². The molecule has 7 nitrogen and oxygen atoms in total. The highest BCUT2D eigenvalue weighted by Crippen LogP contribution is 2.31. The van der Waals surface area contributed by atoms with E-state index in [0.717, 1.165) is 29.6 Å². The van der Waals surface area contributed by atoms with Gasteiger partial charge in [0, 0.05) is 23.4 Å².